The van der Waals surface area contributed by atoms with Crippen molar-refractivity contribution in [3.8, 4) is 0 Å². The molecule has 2 heterocycles. The number of rotatable bonds is 1. The molecular formula is C17H13NOS. The normalized spacial score (nSPS) is 18.2. The summed E-state index contributed by atoms with van der Waals surface area (Å²) >= 11 is 1.34. The highest BCUT2D eigenvalue weighted by Crippen LogP contribution is 2.45. The first-order chi connectivity index (χ1) is 9.83. The molecule has 1 aromatic heterocycles. The first-order valence-corrected chi connectivity index (χ1v) is 7.51. The van der Waals surface area contributed by atoms with Crippen LogP contribution in [-0.4, -0.2) is 10.1 Å². The summed E-state index contributed by atoms with van der Waals surface area (Å²) in [5.41, 5.74) is 3.60. The molecular weight excluding hydrogens is 266 g/mol. The average Bonchev–Trinajstić information content (AvgIpc) is 2.85. The lowest BCUT2D eigenvalue weighted by Crippen LogP contribution is -2.11. The van der Waals surface area contributed by atoms with Gasteiger partial charge in [-0.2, -0.15) is 0 Å². The molecule has 0 amide bonds. The smallest absolute Gasteiger partial charge is 0.196 e. The largest absolute Gasteiger partial charge is 0.349 e. The highest BCUT2D eigenvalue weighted by atomic mass is 32.2. The van der Waals surface area contributed by atoms with Crippen LogP contribution in [0.15, 0.2) is 59.6 Å². The Morgan fingerprint density at radius 1 is 1.00 bits per heavy atom. The zero-order valence-corrected chi connectivity index (χ0v) is 11.6. The van der Waals surface area contributed by atoms with E-state index in [2.05, 4.69) is 35.3 Å². The highest BCUT2D eigenvalue weighted by Gasteiger charge is 2.30. The van der Waals surface area contributed by atoms with E-state index >= 15 is 0 Å². The molecule has 1 aliphatic heterocycles. The van der Waals surface area contributed by atoms with Crippen molar-refractivity contribution in [1.82, 2.24) is 4.98 Å². The molecule has 0 fully saturated rings. The maximum atomic E-state index is 12.0. The quantitative estimate of drug-likeness (QED) is 0.719. The number of hydrogen-bond acceptors (Lipinski definition) is 2. The summed E-state index contributed by atoms with van der Waals surface area (Å²) in [6.07, 6.45) is 0.573. The van der Waals surface area contributed by atoms with Crippen molar-refractivity contribution in [1.29, 1.82) is 0 Å². The number of para-hydroxylation sites is 1. The number of carbonyl (C=O) groups excluding carboxylic acids is 1. The predicted molar refractivity (Wildman–Crippen MR) is 82.1 cm³/mol. The Balaban J connectivity index is 1.97. The molecule has 98 valence electrons. The number of nitrogens with one attached hydrogen (secondary N) is 1. The number of fused-ring (bicyclic) bond motifs is 3. The van der Waals surface area contributed by atoms with Gasteiger partial charge in [-0.1, -0.05) is 48.5 Å². The van der Waals surface area contributed by atoms with E-state index in [-0.39, 0.29) is 11.0 Å². The molecule has 0 saturated heterocycles. The SMILES string of the molecule is O=C1CC(c2ccccc2)c2c([nH]c3ccccc23)S1. The van der Waals surface area contributed by atoms with Gasteiger partial charge in [-0.25, -0.2) is 0 Å². The molecule has 1 atom stereocenters. The van der Waals surface area contributed by atoms with Crippen molar-refractivity contribution in [3.05, 3.63) is 65.7 Å². The predicted octanol–water partition coefficient (Wildman–Crippen LogP) is 4.32. The first kappa shape index (κ1) is 11.8. The van der Waals surface area contributed by atoms with Gasteiger partial charge in [-0.3, -0.25) is 4.79 Å². The summed E-state index contributed by atoms with van der Waals surface area (Å²) in [7, 11) is 0. The maximum absolute atomic E-state index is 12.0. The summed E-state index contributed by atoms with van der Waals surface area (Å²) in [4.78, 5) is 15.4. The van der Waals surface area contributed by atoms with Crippen LogP contribution < -0.4 is 0 Å². The second-order valence-electron chi connectivity index (χ2n) is 5.05. The minimum atomic E-state index is 0.163. The van der Waals surface area contributed by atoms with Crippen LogP contribution in [0, 0.1) is 0 Å². The molecule has 1 N–H and O–H groups in total. The lowest BCUT2D eigenvalue weighted by atomic mass is 9.88. The molecule has 3 aromatic rings. The van der Waals surface area contributed by atoms with Crippen LogP contribution in [0.2, 0.25) is 0 Å². The van der Waals surface area contributed by atoms with Crippen LogP contribution in [0.5, 0.6) is 0 Å². The van der Waals surface area contributed by atoms with Gasteiger partial charge in [-0.05, 0) is 29.0 Å². The van der Waals surface area contributed by atoms with Crippen LogP contribution in [0.4, 0.5) is 0 Å². The molecule has 4 rings (SSSR count). The van der Waals surface area contributed by atoms with Gasteiger partial charge < -0.3 is 4.98 Å². The number of thioether (sulfide) groups is 1. The monoisotopic (exact) mass is 279 g/mol. The third-order valence-corrected chi connectivity index (χ3v) is 4.77. The Hall–Kier alpha value is -2.00. The molecule has 1 unspecified atom stereocenters. The Labute approximate surface area is 121 Å². The fourth-order valence-corrected chi connectivity index (χ4v) is 3.96. The van der Waals surface area contributed by atoms with Crippen LogP contribution in [0.3, 0.4) is 0 Å². The number of aromatic amines is 1. The number of carbonyl (C=O) groups is 1. The fraction of sp³-hybridized carbons (Fsp3) is 0.118. The second-order valence-corrected chi connectivity index (χ2v) is 6.12. The van der Waals surface area contributed by atoms with Crippen LogP contribution in [0.1, 0.15) is 23.5 Å². The van der Waals surface area contributed by atoms with Gasteiger partial charge >= 0.3 is 0 Å². The fourth-order valence-electron chi connectivity index (χ4n) is 2.96. The molecule has 0 radical (unpaired) electrons. The van der Waals surface area contributed by atoms with Crippen molar-refractivity contribution >= 4 is 27.8 Å². The van der Waals surface area contributed by atoms with E-state index in [9.17, 15) is 4.79 Å². The number of H-pyrrole nitrogens is 1. The molecule has 2 nitrogen and oxygen atoms in total. The third-order valence-electron chi connectivity index (χ3n) is 3.85. The standard InChI is InChI=1S/C17H13NOS/c19-15-10-13(11-6-2-1-3-7-11)16-12-8-4-5-9-14(12)18-17(16)20-15/h1-9,13,18H,10H2. The van der Waals surface area contributed by atoms with Crippen LogP contribution in [0.25, 0.3) is 10.9 Å². The lowest BCUT2D eigenvalue weighted by Gasteiger charge is -2.22. The molecule has 0 saturated carbocycles. The Kier molecular flexibility index (Phi) is 2.67. The molecule has 1 aliphatic rings. The summed E-state index contributed by atoms with van der Waals surface area (Å²) in [6.45, 7) is 0. The Morgan fingerprint density at radius 3 is 2.60 bits per heavy atom. The number of aromatic nitrogens is 1. The number of benzene rings is 2. The molecule has 0 spiro atoms. The van der Waals surface area contributed by atoms with E-state index in [1.54, 1.807) is 0 Å². The van der Waals surface area contributed by atoms with E-state index in [0.29, 0.717) is 6.42 Å². The van der Waals surface area contributed by atoms with Crippen molar-refractivity contribution in [2.45, 2.75) is 17.4 Å². The van der Waals surface area contributed by atoms with Gasteiger partial charge in [0.25, 0.3) is 0 Å². The topological polar surface area (TPSA) is 32.9 Å². The van der Waals surface area contributed by atoms with Crippen molar-refractivity contribution < 1.29 is 4.79 Å². The van der Waals surface area contributed by atoms with E-state index < -0.39 is 0 Å². The van der Waals surface area contributed by atoms with Gasteiger partial charge in [0.15, 0.2) is 5.12 Å². The zero-order valence-electron chi connectivity index (χ0n) is 10.8. The molecule has 2 aromatic carbocycles. The highest BCUT2D eigenvalue weighted by molar-refractivity contribution is 8.13. The lowest BCUT2D eigenvalue weighted by molar-refractivity contribution is -0.111. The summed E-state index contributed by atoms with van der Waals surface area (Å²) in [5, 5.41) is 2.48. The first-order valence-electron chi connectivity index (χ1n) is 6.69. The van der Waals surface area contributed by atoms with E-state index in [0.717, 1.165) is 10.5 Å². The van der Waals surface area contributed by atoms with E-state index in [1.807, 2.05) is 24.3 Å². The van der Waals surface area contributed by atoms with E-state index in [1.165, 1.54) is 28.3 Å². The summed E-state index contributed by atoms with van der Waals surface area (Å²) in [5.74, 6) is 0.163. The van der Waals surface area contributed by atoms with Gasteiger partial charge in [-0.15, -0.1) is 0 Å². The minimum absolute atomic E-state index is 0.163. The van der Waals surface area contributed by atoms with Gasteiger partial charge in [0.2, 0.25) is 0 Å². The Bertz CT molecular complexity index is 791. The van der Waals surface area contributed by atoms with Gasteiger partial charge in [0.05, 0.1) is 5.03 Å². The second kappa shape index (κ2) is 4.53. The molecule has 3 heteroatoms. The minimum Gasteiger partial charge on any atom is -0.349 e. The molecule has 0 bridgehead atoms. The summed E-state index contributed by atoms with van der Waals surface area (Å²) in [6, 6.07) is 18.6. The zero-order chi connectivity index (χ0) is 13.5. The van der Waals surface area contributed by atoms with E-state index in [4.69, 9.17) is 0 Å². The van der Waals surface area contributed by atoms with Crippen molar-refractivity contribution in [3.63, 3.8) is 0 Å². The average molecular weight is 279 g/mol. The molecule has 0 aliphatic carbocycles. The van der Waals surface area contributed by atoms with Crippen LogP contribution in [-0.2, 0) is 4.79 Å². The number of hydrogen-bond donors (Lipinski definition) is 1. The van der Waals surface area contributed by atoms with Crippen molar-refractivity contribution in [2.75, 3.05) is 0 Å². The summed E-state index contributed by atoms with van der Waals surface area (Å²) < 4.78 is 0. The third kappa shape index (κ3) is 1.78. The molecule has 20 heavy (non-hydrogen) atoms. The van der Waals surface area contributed by atoms with Gasteiger partial charge in [0.1, 0.15) is 0 Å². The van der Waals surface area contributed by atoms with Crippen molar-refractivity contribution in [2.24, 2.45) is 0 Å². The Morgan fingerprint density at radius 2 is 1.75 bits per heavy atom. The van der Waals surface area contributed by atoms with Crippen LogP contribution >= 0.6 is 11.8 Å². The van der Waals surface area contributed by atoms with Gasteiger partial charge in [0, 0.05) is 23.2 Å². The maximum Gasteiger partial charge on any atom is 0.196 e.